The fourth-order valence-corrected chi connectivity index (χ4v) is 5.80. The number of benzene rings is 2. The molecule has 0 spiro atoms. The van der Waals surface area contributed by atoms with Gasteiger partial charge in [-0.3, -0.25) is 13.9 Å². The van der Waals surface area contributed by atoms with Crippen LogP contribution in [0.1, 0.15) is 16.7 Å². The normalized spacial score (nSPS) is 14.5. The fraction of sp³-hybridized carbons (Fsp3) is 0.0833. The van der Waals surface area contributed by atoms with Crippen molar-refractivity contribution in [2.45, 2.75) is 11.3 Å². The third-order valence-electron chi connectivity index (χ3n) is 5.61. The number of hydrogen-bond acceptors (Lipinski definition) is 7. The summed E-state index contributed by atoms with van der Waals surface area (Å²) in [7, 11) is -7.98. The van der Waals surface area contributed by atoms with Crippen LogP contribution in [0.3, 0.4) is 0 Å². The van der Waals surface area contributed by atoms with Gasteiger partial charge in [-0.2, -0.15) is 8.42 Å². The molecule has 12 heteroatoms. The van der Waals surface area contributed by atoms with Crippen LogP contribution < -0.4 is 15.5 Å². The Morgan fingerprint density at radius 3 is 2.50 bits per heavy atom. The number of anilines is 2. The number of aromatic nitrogens is 1. The van der Waals surface area contributed by atoms with Gasteiger partial charge in [0.15, 0.2) is 5.84 Å². The highest BCUT2D eigenvalue weighted by Crippen LogP contribution is 2.32. The van der Waals surface area contributed by atoms with E-state index in [1.807, 2.05) is 30.3 Å². The minimum absolute atomic E-state index is 0.0408. The van der Waals surface area contributed by atoms with Gasteiger partial charge in [-0.15, -0.1) is 4.40 Å². The lowest BCUT2D eigenvalue weighted by Crippen LogP contribution is -2.30. The van der Waals surface area contributed by atoms with Gasteiger partial charge in [-0.1, -0.05) is 36.4 Å². The quantitative estimate of drug-likeness (QED) is 0.364. The second-order valence-electron chi connectivity index (χ2n) is 8.25. The number of nitrogens with one attached hydrogen (secondary N) is 2. The lowest BCUT2D eigenvalue weighted by atomic mass is 10.0. The van der Waals surface area contributed by atoms with E-state index in [9.17, 15) is 26.7 Å². The minimum atomic E-state index is -4.34. The molecule has 1 aliphatic rings. The Balaban J connectivity index is 1.68. The van der Waals surface area contributed by atoms with Gasteiger partial charge in [-0.05, 0) is 35.9 Å². The first kappa shape index (κ1) is 23.6. The number of rotatable bonds is 5. The number of amidine groups is 1. The molecular weight excluding hydrogens is 504 g/mol. The van der Waals surface area contributed by atoms with Crippen molar-refractivity contribution in [2.24, 2.45) is 4.40 Å². The molecule has 0 fully saturated rings. The van der Waals surface area contributed by atoms with Crippen LogP contribution in [0.15, 0.2) is 87.0 Å². The first-order valence-corrected chi connectivity index (χ1v) is 14.0. The van der Waals surface area contributed by atoms with Crippen LogP contribution in [0, 0.1) is 0 Å². The van der Waals surface area contributed by atoms with Crippen LogP contribution in [0.2, 0.25) is 0 Å². The molecule has 0 saturated heterocycles. The number of aromatic hydroxyl groups is 1. The first-order valence-electron chi connectivity index (χ1n) is 10.7. The molecule has 0 unspecified atom stereocenters. The summed E-state index contributed by atoms with van der Waals surface area (Å²) in [4.78, 5) is 13.4. The topological polar surface area (TPSA) is 146 Å². The molecule has 3 N–H and O–H groups in total. The zero-order valence-electron chi connectivity index (χ0n) is 18.8. The number of hydrogen-bond donors (Lipinski definition) is 3. The zero-order valence-corrected chi connectivity index (χ0v) is 20.5. The first-order chi connectivity index (χ1) is 17.0. The smallest absolute Gasteiger partial charge is 0.286 e. The standard InChI is InChI=1S/C24H20N4O6S2/c1-35(31,32)26-16-10-11-18-20(14-16)36(33,34)27-23(25-18)21-22(29)17(13-15-7-3-2-4-8-15)19-9-5-6-12-28(19)24(21)30/h2-12,14,26,30H,13H2,1H3,(H,25,27). The van der Waals surface area contributed by atoms with E-state index >= 15 is 0 Å². The van der Waals surface area contributed by atoms with Crippen molar-refractivity contribution in [1.82, 2.24) is 4.40 Å². The van der Waals surface area contributed by atoms with Crippen LogP contribution >= 0.6 is 0 Å². The Hall–Kier alpha value is -4.16. The SMILES string of the molecule is CS(=O)(=O)Nc1ccc2c(c1)S(=O)(=O)N=C(c1c(O)n3ccccc3c(Cc3ccccc3)c1=O)N2. The second kappa shape index (κ2) is 8.50. The van der Waals surface area contributed by atoms with Gasteiger partial charge < -0.3 is 10.4 Å². The molecule has 0 atom stereocenters. The van der Waals surface area contributed by atoms with E-state index in [-0.39, 0.29) is 34.1 Å². The van der Waals surface area contributed by atoms with Crippen molar-refractivity contribution in [3.63, 3.8) is 0 Å². The summed E-state index contributed by atoms with van der Waals surface area (Å²) < 4.78 is 56.6. The third kappa shape index (κ3) is 4.32. The van der Waals surface area contributed by atoms with Crippen molar-refractivity contribution < 1.29 is 21.9 Å². The molecular formula is C24H20N4O6S2. The average Bonchev–Trinajstić information content (AvgIpc) is 2.82. The summed E-state index contributed by atoms with van der Waals surface area (Å²) >= 11 is 0. The van der Waals surface area contributed by atoms with E-state index in [2.05, 4.69) is 14.4 Å². The van der Waals surface area contributed by atoms with Gasteiger partial charge in [0.1, 0.15) is 10.5 Å². The van der Waals surface area contributed by atoms with Crippen LogP contribution in [0.4, 0.5) is 11.4 Å². The maximum Gasteiger partial charge on any atom is 0.286 e. The molecule has 36 heavy (non-hydrogen) atoms. The van der Waals surface area contributed by atoms with Crippen molar-refractivity contribution >= 4 is 42.8 Å². The van der Waals surface area contributed by atoms with E-state index in [1.165, 1.54) is 16.5 Å². The molecule has 0 radical (unpaired) electrons. The second-order valence-corrected chi connectivity index (χ2v) is 11.6. The Bertz CT molecular complexity index is 1830. The molecule has 3 heterocycles. The fourth-order valence-electron chi connectivity index (χ4n) is 4.09. The van der Waals surface area contributed by atoms with Gasteiger partial charge in [0.05, 0.1) is 17.5 Å². The van der Waals surface area contributed by atoms with Gasteiger partial charge >= 0.3 is 0 Å². The maximum atomic E-state index is 13.7. The Kier molecular flexibility index (Phi) is 5.57. The average molecular weight is 525 g/mol. The van der Waals surface area contributed by atoms with Gasteiger partial charge in [-0.25, -0.2) is 8.42 Å². The maximum absolute atomic E-state index is 13.7. The van der Waals surface area contributed by atoms with Crippen molar-refractivity contribution in [1.29, 1.82) is 0 Å². The van der Waals surface area contributed by atoms with E-state index in [4.69, 9.17) is 0 Å². The Morgan fingerprint density at radius 1 is 1.06 bits per heavy atom. The minimum Gasteiger partial charge on any atom is -0.494 e. The predicted molar refractivity (Wildman–Crippen MR) is 137 cm³/mol. The van der Waals surface area contributed by atoms with E-state index in [1.54, 1.807) is 24.4 Å². The molecule has 2 aromatic carbocycles. The van der Waals surface area contributed by atoms with Crippen LogP contribution in [-0.2, 0) is 26.5 Å². The summed E-state index contributed by atoms with van der Waals surface area (Å²) in [5.74, 6) is -0.797. The molecule has 2 aromatic heterocycles. The molecule has 4 aromatic rings. The van der Waals surface area contributed by atoms with Gasteiger partial charge in [0, 0.05) is 23.9 Å². The molecule has 0 amide bonds. The van der Waals surface area contributed by atoms with E-state index in [0.29, 0.717) is 11.1 Å². The molecule has 184 valence electrons. The summed E-state index contributed by atoms with van der Waals surface area (Å²) in [5.41, 5.74) is 0.956. The molecule has 0 aliphatic carbocycles. The van der Waals surface area contributed by atoms with Crippen LogP contribution in [-0.4, -0.2) is 38.4 Å². The predicted octanol–water partition coefficient (Wildman–Crippen LogP) is 2.53. The van der Waals surface area contributed by atoms with Crippen LogP contribution in [0.25, 0.3) is 5.52 Å². The number of pyridine rings is 2. The summed E-state index contributed by atoms with van der Waals surface area (Å²) in [5, 5.41) is 13.9. The lowest BCUT2D eigenvalue weighted by Gasteiger charge is -2.21. The summed E-state index contributed by atoms with van der Waals surface area (Å²) in [6, 6.07) is 18.3. The molecule has 1 aliphatic heterocycles. The highest BCUT2D eigenvalue weighted by molar-refractivity contribution is 7.92. The van der Waals surface area contributed by atoms with Crippen molar-refractivity contribution in [2.75, 3.05) is 16.3 Å². The lowest BCUT2D eigenvalue weighted by molar-refractivity contribution is 0.443. The van der Waals surface area contributed by atoms with Gasteiger partial charge in [0.2, 0.25) is 21.3 Å². The number of nitrogens with zero attached hydrogens (tertiary/aromatic N) is 2. The van der Waals surface area contributed by atoms with Gasteiger partial charge in [0.25, 0.3) is 10.0 Å². The van der Waals surface area contributed by atoms with E-state index in [0.717, 1.165) is 17.9 Å². The summed E-state index contributed by atoms with van der Waals surface area (Å²) in [6.45, 7) is 0. The number of fused-ring (bicyclic) bond motifs is 2. The highest BCUT2D eigenvalue weighted by Gasteiger charge is 2.30. The molecule has 0 saturated carbocycles. The van der Waals surface area contributed by atoms with Crippen LogP contribution in [0.5, 0.6) is 5.88 Å². The molecule has 0 bridgehead atoms. The molecule has 5 rings (SSSR count). The highest BCUT2D eigenvalue weighted by atomic mass is 32.2. The Morgan fingerprint density at radius 2 is 1.78 bits per heavy atom. The summed E-state index contributed by atoms with van der Waals surface area (Å²) in [6.07, 6.45) is 2.76. The Labute approximate surface area is 206 Å². The van der Waals surface area contributed by atoms with Crippen molar-refractivity contribution in [3.8, 4) is 5.88 Å². The van der Waals surface area contributed by atoms with E-state index < -0.39 is 31.4 Å². The van der Waals surface area contributed by atoms with Crippen molar-refractivity contribution in [3.05, 3.63) is 99.8 Å². The number of sulfonamides is 2. The monoisotopic (exact) mass is 524 g/mol. The molecule has 10 nitrogen and oxygen atoms in total. The zero-order chi connectivity index (χ0) is 25.7. The third-order valence-corrected chi connectivity index (χ3v) is 7.53. The largest absolute Gasteiger partial charge is 0.494 e.